The Labute approximate surface area is 161 Å². The topological polar surface area (TPSA) is 56.1 Å². The number of carbonyl (C=O) groups excluding carboxylic acids is 1. The maximum atomic E-state index is 12.1. The molecule has 1 aliphatic rings. The highest BCUT2D eigenvalue weighted by molar-refractivity contribution is 5.76. The van der Waals surface area contributed by atoms with Crippen LogP contribution in [0.15, 0.2) is 54.6 Å². The van der Waals surface area contributed by atoms with Crippen molar-refractivity contribution in [2.45, 2.75) is 38.1 Å². The number of piperidine rings is 1. The first-order chi connectivity index (χ1) is 13.1. The fraction of sp³-hybridized carbons (Fsp3) is 0.391. The van der Waals surface area contributed by atoms with Crippen LogP contribution in [0.3, 0.4) is 0 Å². The number of nitrogens with one attached hydrogen (secondary N) is 1. The van der Waals surface area contributed by atoms with Gasteiger partial charge >= 0.3 is 0 Å². The Morgan fingerprint density at radius 2 is 1.78 bits per heavy atom. The quantitative estimate of drug-likeness (QED) is 0.856. The van der Waals surface area contributed by atoms with Gasteiger partial charge in [0.05, 0.1) is 11.5 Å². The number of hydrogen-bond donors (Lipinski definition) is 1. The number of likely N-dealkylation sites (tertiary alicyclic amines) is 1. The molecule has 0 saturated carbocycles. The number of carbonyl (C=O) groups is 1. The Morgan fingerprint density at radius 1 is 1.11 bits per heavy atom. The normalized spacial score (nSPS) is 16.4. The molecule has 0 spiro atoms. The zero-order chi connectivity index (χ0) is 19.1. The Bertz CT molecular complexity index is 785. The Kier molecular flexibility index (Phi) is 6.26. The minimum Gasteiger partial charge on any atom is -0.352 e. The Hall–Kier alpha value is -2.64. The van der Waals surface area contributed by atoms with E-state index in [4.69, 9.17) is 0 Å². The largest absolute Gasteiger partial charge is 0.352 e. The van der Waals surface area contributed by atoms with Gasteiger partial charge in [-0.2, -0.15) is 5.26 Å². The third-order valence-electron chi connectivity index (χ3n) is 5.52. The Balaban J connectivity index is 1.43. The maximum absolute atomic E-state index is 12.1. The van der Waals surface area contributed by atoms with Crippen LogP contribution in [0.2, 0.25) is 0 Å². The van der Waals surface area contributed by atoms with Crippen LogP contribution < -0.4 is 5.32 Å². The van der Waals surface area contributed by atoms with Crippen LogP contribution in [0.4, 0.5) is 0 Å². The molecule has 1 aliphatic heterocycles. The van der Waals surface area contributed by atoms with Gasteiger partial charge in [0, 0.05) is 19.5 Å². The van der Waals surface area contributed by atoms with E-state index < -0.39 is 0 Å². The maximum Gasteiger partial charge on any atom is 0.221 e. The second kappa shape index (κ2) is 8.83. The van der Waals surface area contributed by atoms with Gasteiger partial charge < -0.3 is 10.2 Å². The zero-order valence-corrected chi connectivity index (χ0v) is 15.9. The van der Waals surface area contributed by atoms with E-state index in [0.29, 0.717) is 13.0 Å². The fourth-order valence-electron chi connectivity index (χ4n) is 3.64. The van der Waals surface area contributed by atoms with Crippen molar-refractivity contribution in [3.8, 4) is 6.07 Å². The average molecular weight is 361 g/mol. The number of aryl methyl sites for hydroxylation is 1. The summed E-state index contributed by atoms with van der Waals surface area (Å²) < 4.78 is 0. The van der Waals surface area contributed by atoms with Gasteiger partial charge in [-0.1, -0.05) is 60.2 Å². The van der Waals surface area contributed by atoms with E-state index >= 15 is 0 Å². The van der Waals surface area contributed by atoms with E-state index in [9.17, 15) is 10.1 Å². The minimum atomic E-state index is -0.383. The molecule has 4 nitrogen and oxygen atoms in total. The first-order valence-corrected chi connectivity index (χ1v) is 9.63. The highest BCUT2D eigenvalue weighted by Crippen LogP contribution is 2.34. The molecule has 0 aliphatic carbocycles. The van der Waals surface area contributed by atoms with Crippen molar-refractivity contribution in [2.24, 2.45) is 0 Å². The predicted octanol–water partition coefficient (Wildman–Crippen LogP) is 3.56. The Morgan fingerprint density at radius 3 is 2.41 bits per heavy atom. The van der Waals surface area contributed by atoms with Crippen molar-refractivity contribution < 1.29 is 4.79 Å². The minimum absolute atomic E-state index is 0.0794. The van der Waals surface area contributed by atoms with Crippen LogP contribution in [-0.4, -0.2) is 30.4 Å². The summed E-state index contributed by atoms with van der Waals surface area (Å²) in [6.45, 7) is 5.09. The summed E-state index contributed by atoms with van der Waals surface area (Å²) in [4.78, 5) is 14.4. The standard InChI is InChI=1S/C23H27N3O/c1-19-7-9-20(10-8-19)17-25-22(27)11-14-26-15-12-23(18-24,13-16-26)21-5-3-2-4-6-21/h2-10H,11-17H2,1H3,(H,25,27). The van der Waals surface area contributed by atoms with Crippen molar-refractivity contribution >= 4 is 5.91 Å². The average Bonchev–Trinajstić information content (AvgIpc) is 2.73. The summed E-state index contributed by atoms with van der Waals surface area (Å²) in [6.07, 6.45) is 2.13. The summed E-state index contributed by atoms with van der Waals surface area (Å²) in [5.41, 5.74) is 3.07. The molecule has 0 aromatic heterocycles. The van der Waals surface area contributed by atoms with Gasteiger partial charge in [-0.15, -0.1) is 0 Å². The number of benzene rings is 2. The molecule has 1 heterocycles. The van der Waals surface area contributed by atoms with Crippen LogP contribution in [0, 0.1) is 18.3 Å². The lowest BCUT2D eigenvalue weighted by Crippen LogP contribution is -2.43. The van der Waals surface area contributed by atoms with E-state index in [1.807, 2.05) is 30.3 Å². The number of rotatable bonds is 6. The molecular formula is C23H27N3O. The van der Waals surface area contributed by atoms with Gasteiger partial charge in [-0.3, -0.25) is 4.79 Å². The molecular weight excluding hydrogens is 334 g/mol. The molecule has 27 heavy (non-hydrogen) atoms. The second-order valence-corrected chi connectivity index (χ2v) is 7.41. The molecule has 1 fully saturated rings. The summed E-state index contributed by atoms with van der Waals surface area (Å²) in [7, 11) is 0. The summed E-state index contributed by atoms with van der Waals surface area (Å²) >= 11 is 0. The van der Waals surface area contributed by atoms with Crippen LogP contribution in [0.1, 0.15) is 36.0 Å². The highest BCUT2D eigenvalue weighted by Gasteiger charge is 2.36. The van der Waals surface area contributed by atoms with Gasteiger partial charge in [0.15, 0.2) is 0 Å². The zero-order valence-electron chi connectivity index (χ0n) is 15.9. The van der Waals surface area contributed by atoms with Gasteiger partial charge in [0.2, 0.25) is 5.91 Å². The van der Waals surface area contributed by atoms with Crippen molar-refractivity contribution in [3.05, 3.63) is 71.3 Å². The number of amides is 1. The SMILES string of the molecule is Cc1ccc(CNC(=O)CCN2CCC(C#N)(c3ccccc3)CC2)cc1. The third-order valence-corrected chi connectivity index (χ3v) is 5.52. The molecule has 1 amide bonds. The summed E-state index contributed by atoms with van der Waals surface area (Å²) in [5, 5.41) is 12.8. The van der Waals surface area contributed by atoms with Crippen LogP contribution in [0.25, 0.3) is 0 Å². The second-order valence-electron chi connectivity index (χ2n) is 7.41. The highest BCUT2D eigenvalue weighted by atomic mass is 16.1. The number of hydrogen-bond acceptors (Lipinski definition) is 3. The van der Waals surface area contributed by atoms with Gasteiger partial charge in [0.25, 0.3) is 0 Å². The fourth-order valence-corrected chi connectivity index (χ4v) is 3.64. The van der Waals surface area contributed by atoms with Crippen LogP contribution >= 0.6 is 0 Å². The van der Waals surface area contributed by atoms with E-state index in [1.54, 1.807) is 0 Å². The number of nitrogens with zero attached hydrogens (tertiary/aromatic N) is 2. The summed E-state index contributed by atoms with van der Waals surface area (Å²) in [6, 6.07) is 20.9. The summed E-state index contributed by atoms with van der Waals surface area (Å²) in [5.74, 6) is 0.0794. The molecule has 1 N–H and O–H groups in total. The molecule has 140 valence electrons. The smallest absolute Gasteiger partial charge is 0.221 e. The molecule has 4 heteroatoms. The van der Waals surface area contributed by atoms with Gasteiger partial charge in [-0.25, -0.2) is 0 Å². The lowest BCUT2D eigenvalue weighted by Gasteiger charge is -2.37. The molecule has 2 aromatic rings. The first kappa shape index (κ1) is 19.1. The molecule has 0 atom stereocenters. The molecule has 0 radical (unpaired) electrons. The number of nitriles is 1. The van der Waals surface area contributed by atoms with Crippen LogP contribution in [0.5, 0.6) is 0 Å². The van der Waals surface area contributed by atoms with Crippen molar-refractivity contribution in [2.75, 3.05) is 19.6 Å². The molecule has 0 unspecified atom stereocenters. The molecule has 3 rings (SSSR count). The lowest BCUT2D eigenvalue weighted by molar-refractivity contribution is -0.121. The van der Waals surface area contributed by atoms with Crippen LogP contribution in [-0.2, 0) is 16.8 Å². The van der Waals surface area contributed by atoms with E-state index in [1.165, 1.54) is 5.56 Å². The van der Waals surface area contributed by atoms with Crippen molar-refractivity contribution in [1.82, 2.24) is 10.2 Å². The van der Waals surface area contributed by atoms with Crippen molar-refractivity contribution in [1.29, 1.82) is 5.26 Å². The van der Waals surface area contributed by atoms with E-state index in [-0.39, 0.29) is 11.3 Å². The van der Waals surface area contributed by atoms with Crippen molar-refractivity contribution in [3.63, 3.8) is 0 Å². The van der Waals surface area contributed by atoms with Gasteiger partial charge in [0.1, 0.15) is 0 Å². The first-order valence-electron chi connectivity index (χ1n) is 9.63. The lowest BCUT2D eigenvalue weighted by atomic mass is 9.74. The monoisotopic (exact) mass is 361 g/mol. The molecule has 1 saturated heterocycles. The van der Waals surface area contributed by atoms with Gasteiger partial charge in [-0.05, 0) is 44.0 Å². The van der Waals surface area contributed by atoms with E-state index in [0.717, 1.165) is 43.6 Å². The molecule has 2 aromatic carbocycles. The molecule has 0 bridgehead atoms. The third kappa shape index (κ3) is 4.96. The van der Waals surface area contributed by atoms with E-state index in [2.05, 4.69) is 47.5 Å². The predicted molar refractivity (Wildman–Crippen MR) is 107 cm³/mol.